The van der Waals surface area contributed by atoms with Gasteiger partial charge < -0.3 is 15.2 Å². The minimum absolute atomic E-state index is 0.00940. The first-order valence-electron chi connectivity index (χ1n) is 7.22. The first-order valence-corrected chi connectivity index (χ1v) is 7.22. The van der Waals surface area contributed by atoms with Crippen LogP contribution in [-0.2, 0) is 30.8 Å². The SMILES string of the molecule is CCn1cnnc1CNC(=O)C1Cc2ccccc2CN1. The van der Waals surface area contributed by atoms with E-state index in [1.165, 1.54) is 11.1 Å². The molecule has 0 fully saturated rings. The molecule has 1 amide bonds. The molecule has 1 aromatic carbocycles. The van der Waals surface area contributed by atoms with E-state index in [-0.39, 0.29) is 11.9 Å². The summed E-state index contributed by atoms with van der Waals surface area (Å²) in [5.41, 5.74) is 2.51. The molecule has 1 atom stereocenters. The van der Waals surface area contributed by atoms with Crippen molar-refractivity contribution in [3.63, 3.8) is 0 Å². The molecule has 2 N–H and O–H groups in total. The van der Waals surface area contributed by atoms with Crippen LogP contribution in [0.1, 0.15) is 23.9 Å². The maximum absolute atomic E-state index is 12.3. The van der Waals surface area contributed by atoms with Crippen LogP contribution in [0.25, 0.3) is 0 Å². The van der Waals surface area contributed by atoms with Gasteiger partial charge in [-0.25, -0.2) is 0 Å². The van der Waals surface area contributed by atoms with Crippen LogP contribution in [0.2, 0.25) is 0 Å². The molecule has 21 heavy (non-hydrogen) atoms. The van der Waals surface area contributed by atoms with Crippen molar-refractivity contribution >= 4 is 5.91 Å². The molecule has 0 spiro atoms. The second-order valence-corrected chi connectivity index (χ2v) is 5.16. The molecule has 2 heterocycles. The Bertz CT molecular complexity index is 636. The Hall–Kier alpha value is -2.21. The van der Waals surface area contributed by atoms with Crippen molar-refractivity contribution in [3.8, 4) is 0 Å². The standard InChI is InChI=1S/C15H19N5O/c1-2-20-10-18-19-14(20)9-17-15(21)13-7-11-5-3-4-6-12(11)8-16-13/h3-6,10,13,16H,2,7-9H2,1H3,(H,17,21). The number of benzene rings is 1. The van der Waals surface area contributed by atoms with Crippen LogP contribution in [0.3, 0.4) is 0 Å². The number of carbonyl (C=O) groups is 1. The van der Waals surface area contributed by atoms with Gasteiger partial charge in [0.2, 0.25) is 5.91 Å². The molecule has 3 rings (SSSR count). The van der Waals surface area contributed by atoms with E-state index >= 15 is 0 Å². The summed E-state index contributed by atoms with van der Waals surface area (Å²) in [5, 5.41) is 14.1. The Morgan fingerprint density at radius 3 is 3.05 bits per heavy atom. The number of amides is 1. The van der Waals surface area contributed by atoms with Gasteiger partial charge in [-0.05, 0) is 24.5 Å². The van der Waals surface area contributed by atoms with Gasteiger partial charge in [0.15, 0.2) is 5.82 Å². The maximum Gasteiger partial charge on any atom is 0.237 e. The van der Waals surface area contributed by atoms with Gasteiger partial charge in [-0.15, -0.1) is 10.2 Å². The minimum atomic E-state index is -0.183. The second-order valence-electron chi connectivity index (χ2n) is 5.16. The third-order valence-electron chi connectivity index (χ3n) is 3.85. The van der Waals surface area contributed by atoms with Crippen LogP contribution < -0.4 is 10.6 Å². The van der Waals surface area contributed by atoms with Crippen LogP contribution in [-0.4, -0.2) is 26.7 Å². The van der Waals surface area contributed by atoms with E-state index in [0.717, 1.165) is 25.3 Å². The maximum atomic E-state index is 12.3. The molecule has 1 aliphatic rings. The van der Waals surface area contributed by atoms with Crippen LogP contribution >= 0.6 is 0 Å². The first-order chi connectivity index (χ1) is 10.3. The normalized spacial score (nSPS) is 17.3. The van der Waals surface area contributed by atoms with Gasteiger partial charge >= 0.3 is 0 Å². The number of aromatic nitrogens is 3. The Kier molecular flexibility index (Phi) is 3.96. The van der Waals surface area contributed by atoms with E-state index in [4.69, 9.17) is 0 Å². The van der Waals surface area contributed by atoms with Crippen molar-refractivity contribution in [2.75, 3.05) is 0 Å². The Morgan fingerprint density at radius 2 is 2.24 bits per heavy atom. The summed E-state index contributed by atoms with van der Waals surface area (Å²) in [6.45, 7) is 3.97. The molecule has 0 saturated carbocycles. The summed E-state index contributed by atoms with van der Waals surface area (Å²) in [7, 11) is 0. The Morgan fingerprint density at radius 1 is 1.43 bits per heavy atom. The van der Waals surface area contributed by atoms with E-state index in [1.54, 1.807) is 6.33 Å². The van der Waals surface area contributed by atoms with Crippen molar-refractivity contribution in [1.29, 1.82) is 0 Å². The minimum Gasteiger partial charge on any atom is -0.347 e. The zero-order valence-corrected chi connectivity index (χ0v) is 12.0. The van der Waals surface area contributed by atoms with Crippen molar-refractivity contribution < 1.29 is 4.79 Å². The predicted molar refractivity (Wildman–Crippen MR) is 78.3 cm³/mol. The van der Waals surface area contributed by atoms with Crippen molar-refractivity contribution in [1.82, 2.24) is 25.4 Å². The fraction of sp³-hybridized carbons (Fsp3) is 0.400. The topological polar surface area (TPSA) is 71.8 Å². The summed E-state index contributed by atoms with van der Waals surface area (Å²) >= 11 is 0. The fourth-order valence-corrected chi connectivity index (χ4v) is 2.61. The molecule has 0 saturated heterocycles. The lowest BCUT2D eigenvalue weighted by Gasteiger charge is -2.25. The average Bonchev–Trinajstić information content (AvgIpc) is 2.99. The highest BCUT2D eigenvalue weighted by molar-refractivity contribution is 5.82. The van der Waals surface area contributed by atoms with E-state index in [1.807, 2.05) is 23.6 Å². The van der Waals surface area contributed by atoms with Crippen LogP contribution in [0.15, 0.2) is 30.6 Å². The molecule has 1 aliphatic heterocycles. The second kappa shape index (κ2) is 6.05. The van der Waals surface area contributed by atoms with Gasteiger partial charge in [-0.1, -0.05) is 24.3 Å². The highest BCUT2D eigenvalue weighted by atomic mass is 16.2. The van der Waals surface area contributed by atoms with E-state index in [0.29, 0.717) is 6.54 Å². The van der Waals surface area contributed by atoms with Crippen molar-refractivity contribution in [3.05, 3.63) is 47.5 Å². The molecular weight excluding hydrogens is 266 g/mol. The molecule has 1 unspecified atom stereocenters. The van der Waals surface area contributed by atoms with Crippen LogP contribution in [0.4, 0.5) is 0 Å². The third-order valence-corrected chi connectivity index (χ3v) is 3.85. The predicted octanol–water partition coefficient (Wildman–Crippen LogP) is 0.629. The molecule has 6 nitrogen and oxygen atoms in total. The fourth-order valence-electron chi connectivity index (χ4n) is 2.61. The lowest BCUT2D eigenvalue weighted by molar-refractivity contribution is -0.123. The van der Waals surface area contributed by atoms with E-state index in [9.17, 15) is 4.79 Å². The van der Waals surface area contributed by atoms with Crippen molar-refractivity contribution in [2.24, 2.45) is 0 Å². The molecule has 0 bridgehead atoms. The zero-order chi connectivity index (χ0) is 14.7. The van der Waals surface area contributed by atoms with Gasteiger partial charge in [0.25, 0.3) is 0 Å². The first kappa shape index (κ1) is 13.8. The summed E-state index contributed by atoms with van der Waals surface area (Å²) in [6.07, 6.45) is 2.40. The smallest absolute Gasteiger partial charge is 0.237 e. The highest BCUT2D eigenvalue weighted by Gasteiger charge is 2.23. The number of rotatable bonds is 4. The van der Waals surface area contributed by atoms with Crippen molar-refractivity contribution in [2.45, 2.75) is 39.0 Å². The third kappa shape index (κ3) is 2.95. The monoisotopic (exact) mass is 285 g/mol. The summed E-state index contributed by atoms with van der Waals surface area (Å²) in [5.74, 6) is 0.789. The molecule has 0 radical (unpaired) electrons. The molecule has 110 valence electrons. The number of nitrogens with zero attached hydrogens (tertiary/aromatic N) is 3. The van der Waals surface area contributed by atoms with Gasteiger partial charge in [-0.3, -0.25) is 4.79 Å². The lowest BCUT2D eigenvalue weighted by Crippen LogP contribution is -2.47. The van der Waals surface area contributed by atoms with Gasteiger partial charge in [0.05, 0.1) is 12.6 Å². The van der Waals surface area contributed by atoms with Gasteiger partial charge in [0, 0.05) is 13.1 Å². The Balaban J connectivity index is 1.60. The molecule has 0 aliphatic carbocycles. The molecular formula is C15H19N5O. The number of hydrogen-bond acceptors (Lipinski definition) is 4. The van der Waals surface area contributed by atoms with E-state index in [2.05, 4.69) is 33.0 Å². The average molecular weight is 285 g/mol. The molecule has 1 aromatic heterocycles. The number of hydrogen-bond donors (Lipinski definition) is 2. The lowest BCUT2D eigenvalue weighted by atomic mass is 9.95. The Labute approximate surface area is 123 Å². The number of carbonyl (C=O) groups excluding carboxylic acids is 1. The largest absolute Gasteiger partial charge is 0.347 e. The highest BCUT2D eigenvalue weighted by Crippen LogP contribution is 2.16. The zero-order valence-electron chi connectivity index (χ0n) is 12.0. The molecule has 6 heteroatoms. The summed E-state index contributed by atoms with van der Waals surface area (Å²) in [6, 6.07) is 8.05. The van der Waals surface area contributed by atoms with Crippen LogP contribution in [0.5, 0.6) is 0 Å². The number of nitrogens with one attached hydrogen (secondary N) is 2. The number of aryl methyl sites for hydroxylation is 1. The number of fused-ring (bicyclic) bond motifs is 1. The quantitative estimate of drug-likeness (QED) is 0.864. The van der Waals surface area contributed by atoms with Gasteiger partial charge in [0.1, 0.15) is 6.33 Å². The summed E-state index contributed by atoms with van der Waals surface area (Å²) < 4.78 is 1.92. The molecule has 2 aromatic rings. The summed E-state index contributed by atoms with van der Waals surface area (Å²) in [4.78, 5) is 12.3. The van der Waals surface area contributed by atoms with Crippen LogP contribution in [0, 0.1) is 0 Å². The van der Waals surface area contributed by atoms with E-state index < -0.39 is 0 Å². The van der Waals surface area contributed by atoms with Gasteiger partial charge in [-0.2, -0.15) is 0 Å².